The second kappa shape index (κ2) is 11.8. The molecular formula is C21H37N5O2. The van der Waals surface area contributed by atoms with Gasteiger partial charge in [-0.25, -0.2) is 0 Å². The van der Waals surface area contributed by atoms with Gasteiger partial charge < -0.3 is 29.9 Å². The fourth-order valence-corrected chi connectivity index (χ4v) is 3.39. The Morgan fingerprint density at radius 1 is 1.11 bits per heavy atom. The maximum Gasteiger partial charge on any atom is 0.190 e. The van der Waals surface area contributed by atoms with Crippen molar-refractivity contribution in [1.29, 1.82) is 0 Å². The number of nitrogens with zero attached hydrogens (tertiary/aromatic N) is 3. The summed E-state index contributed by atoms with van der Waals surface area (Å²) in [4.78, 5) is 9.29. The van der Waals surface area contributed by atoms with Gasteiger partial charge in [-0.15, -0.1) is 0 Å². The quantitative estimate of drug-likeness (QED) is 0.489. The summed E-state index contributed by atoms with van der Waals surface area (Å²) in [5.41, 5.74) is 1.20. The smallest absolute Gasteiger partial charge is 0.190 e. The molecule has 1 aromatic carbocycles. The van der Waals surface area contributed by atoms with E-state index in [1.807, 2.05) is 19.2 Å². The van der Waals surface area contributed by atoms with Crippen LogP contribution < -0.4 is 20.1 Å². The summed E-state index contributed by atoms with van der Waals surface area (Å²) < 4.78 is 10.7. The second-order valence-electron chi connectivity index (χ2n) is 7.53. The van der Waals surface area contributed by atoms with Crippen LogP contribution in [-0.4, -0.2) is 89.9 Å². The average molecular weight is 392 g/mol. The minimum atomic E-state index is 0.577. The first-order valence-corrected chi connectivity index (χ1v) is 10.1. The van der Waals surface area contributed by atoms with E-state index in [1.54, 1.807) is 14.2 Å². The van der Waals surface area contributed by atoms with E-state index in [0.29, 0.717) is 5.92 Å². The van der Waals surface area contributed by atoms with Gasteiger partial charge in [-0.05, 0) is 37.1 Å². The highest BCUT2D eigenvalue weighted by Crippen LogP contribution is 2.27. The third kappa shape index (κ3) is 7.20. The Labute approximate surface area is 170 Å². The van der Waals surface area contributed by atoms with Gasteiger partial charge >= 0.3 is 0 Å². The van der Waals surface area contributed by atoms with Crippen LogP contribution in [0.1, 0.15) is 12.5 Å². The molecule has 0 radical (unpaired) electrons. The van der Waals surface area contributed by atoms with Gasteiger partial charge in [-0.2, -0.15) is 0 Å². The number of benzene rings is 1. The number of piperazine rings is 1. The van der Waals surface area contributed by atoms with Crippen molar-refractivity contribution in [2.45, 2.75) is 13.3 Å². The number of hydrogen-bond acceptors (Lipinski definition) is 5. The molecule has 1 aliphatic rings. The molecule has 1 saturated heterocycles. The lowest BCUT2D eigenvalue weighted by molar-refractivity contribution is 0.139. The predicted octanol–water partition coefficient (Wildman–Crippen LogP) is 1.29. The fourth-order valence-electron chi connectivity index (χ4n) is 3.39. The third-order valence-electron chi connectivity index (χ3n) is 5.16. The highest BCUT2D eigenvalue weighted by molar-refractivity contribution is 5.79. The summed E-state index contributed by atoms with van der Waals surface area (Å²) in [6.45, 7) is 9.81. The largest absolute Gasteiger partial charge is 0.493 e. The molecule has 0 aromatic heterocycles. The van der Waals surface area contributed by atoms with Gasteiger partial charge in [0.2, 0.25) is 0 Å². The van der Waals surface area contributed by atoms with Crippen molar-refractivity contribution >= 4 is 5.96 Å². The van der Waals surface area contributed by atoms with Crippen LogP contribution in [0.5, 0.6) is 11.5 Å². The monoisotopic (exact) mass is 391 g/mol. The molecule has 1 heterocycles. The number of guanidine groups is 1. The van der Waals surface area contributed by atoms with Crippen molar-refractivity contribution < 1.29 is 9.47 Å². The minimum Gasteiger partial charge on any atom is -0.493 e. The number of ether oxygens (including phenoxy) is 2. The van der Waals surface area contributed by atoms with Crippen molar-refractivity contribution in [1.82, 2.24) is 20.4 Å². The summed E-state index contributed by atoms with van der Waals surface area (Å²) in [5.74, 6) is 2.95. The Kier molecular flexibility index (Phi) is 9.37. The molecule has 2 N–H and O–H groups in total. The van der Waals surface area contributed by atoms with E-state index >= 15 is 0 Å². The molecule has 0 spiro atoms. The molecule has 1 aliphatic heterocycles. The molecule has 0 bridgehead atoms. The van der Waals surface area contributed by atoms with Crippen molar-refractivity contribution in [3.8, 4) is 11.5 Å². The predicted molar refractivity (Wildman–Crippen MR) is 116 cm³/mol. The highest BCUT2D eigenvalue weighted by Gasteiger charge is 2.16. The first-order valence-electron chi connectivity index (χ1n) is 10.1. The van der Waals surface area contributed by atoms with Crippen molar-refractivity contribution in [3.63, 3.8) is 0 Å². The molecule has 7 nitrogen and oxygen atoms in total. The lowest BCUT2D eigenvalue weighted by atomic mass is 10.1. The van der Waals surface area contributed by atoms with E-state index < -0.39 is 0 Å². The van der Waals surface area contributed by atoms with E-state index in [2.05, 4.69) is 45.5 Å². The second-order valence-corrected chi connectivity index (χ2v) is 7.53. The standard InChI is InChI=1S/C21H37N5O2/c1-17(16-26-12-10-25(3)11-13-26)15-24-21(22-2)23-9-8-18-6-7-19(27-4)20(14-18)28-5/h6-7,14,17H,8-13,15-16H2,1-5H3,(H2,22,23,24). The molecule has 1 fully saturated rings. The van der Waals surface area contributed by atoms with Gasteiger partial charge in [0, 0.05) is 52.9 Å². The maximum atomic E-state index is 5.37. The molecule has 0 amide bonds. The Hall–Kier alpha value is -1.99. The van der Waals surface area contributed by atoms with E-state index in [1.165, 1.54) is 31.7 Å². The molecule has 1 atom stereocenters. The number of rotatable bonds is 9. The van der Waals surface area contributed by atoms with Crippen LogP contribution in [0.2, 0.25) is 0 Å². The van der Waals surface area contributed by atoms with Gasteiger partial charge in [0.25, 0.3) is 0 Å². The van der Waals surface area contributed by atoms with Crippen LogP contribution in [-0.2, 0) is 6.42 Å². The Bertz CT molecular complexity index is 615. The summed E-state index contributed by atoms with van der Waals surface area (Å²) in [7, 11) is 7.32. The normalized spacial score (nSPS) is 17.2. The van der Waals surface area contributed by atoms with Gasteiger partial charge in [-0.3, -0.25) is 4.99 Å². The van der Waals surface area contributed by atoms with E-state index in [4.69, 9.17) is 9.47 Å². The zero-order valence-corrected chi connectivity index (χ0v) is 18.1. The van der Waals surface area contributed by atoms with Gasteiger partial charge in [-0.1, -0.05) is 13.0 Å². The van der Waals surface area contributed by atoms with E-state index in [-0.39, 0.29) is 0 Å². The first kappa shape index (κ1) is 22.3. The molecule has 158 valence electrons. The van der Waals surface area contributed by atoms with Crippen LogP contribution in [0, 0.1) is 5.92 Å². The van der Waals surface area contributed by atoms with Gasteiger partial charge in [0.1, 0.15) is 0 Å². The molecule has 2 rings (SSSR count). The number of hydrogen-bond donors (Lipinski definition) is 2. The molecule has 0 saturated carbocycles. The summed E-state index contributed by atoms with van der Waals surface area (Å²) >= 11 is 0. The zero-order valence-electron chi connectivity index (χ0n) is 18.1. The molecule has 28 heavy (non-hydrogen) atoms. The topological polar surface area (TPSA) is 61.4 Å². The van der Waals surface area contributed by atoms with Crippen LogP contribution in [0.4, 0.5) is 0 Å². The molecule has 0 aliphatic carbocycles. The Morgan fingerprint density at radius 3 is 2.46 bits per heavy atom. The molecule has 7 heteroatoms. The summed E-state index contributed by atoms with van der Waals surface area (Å²) in [6.07, 6.45) is 0.887. The number of nitrogens with one attached hydrogen (secondary N) is 2. The SMILES string of the molecule is CN=C(NCCc1ccc(OC)c(OC)c1)NCC(C)CN1CCN(C)CC1. The molecule has 1 unspecified atom stereocenters. The van der Waals surface area contributed by atoms with Crippen LogP contribution in [0.3, 0.4) is 0 Å². The minimum absolute atomic E-state index is 0.577. The summed E-state index contributed by atoms with van der Waals surface area (Å²) in [6, 6.07) is 6.04. The van der Waals surface area contributed by atoms with Gasteiger partial charge in [0.15, 0.2) is 17.5 Å². The number of likely N-dealkylation sites (N-methyl/N-ethyl adjacent to an activating group) is 1. The lowest BCUT2D eigenvalue weighted by Gasteiger charge is -2.34. The molecule has 1 aromatic rings. The average Bonchev–Trinajstić information content (AvgIpc) is 2.72. The number of aliphatic imine (C=N–C) groups is 1. The molecular weight excluding hydrogens is 354 g/mol. The Morgan fingerprint density at radius 2 is 1.82 bits per heavy atom. The Balaban J connectivity index is 1.69. The van der Waals surface area contributed by atoms with Crippen molar-refractivity contribution in [3.05, 3.63) is 23.8 Å². The zero-order chi connectivity index (χ0) is 20.4. The first-order chi connectivity index (χ1) is 13.5. The maximum absolute atomic E-state index is 5.37. The summed E-state index contributed by atoms with van der Waals surface area (Å²) in [5, 5.41) is 6.85. The van der Waals surface area contributed by atoms with Crippen LogP contribution >= 0.6 is 0 Å². The lowest BCUT2D eigenvalue weighted by Crippen LogP contribution is -2.47. The van der Waals surface area contributed by atoms with E-state index in [9.17, 15) is 0 Å². The van der Waals surface area contributed by atoms with Crippen molar-refractivity contribution in [2.75, 3.05) is 74.1 Å². The fraction of sp³-hybridized carbons (Fsp3) is 0.667. The third-order valence-corrected chi connectivity index (χ3v) is 5.16. The number of methoxy groups -OCH3 is 2. The van der Waals surface area contributed by atoms with Crippen LogP contribution in [0.15, 0.2) is 23.2 Å². The van der Waals surface area contributed by atoms with E-state index in [0.717, 1.165) is 43.5 Å². The van der Waals surface area contributed by atoms with Gasteiger partial charge in [0.05, 0.1) is 14.2 Å². The van der Waals surface area contributed by atoms with Crippen molar-refractivity contribution in [2.24, 2.45) is 10.9 Å². The van der Waals surface area contributed by atoms with Crippen LogP contribution in [0.25, 0.3) is 0 Å². The highest BCUT2D eigenvalue weighted by atomic mass is 16.5.